The van der Waals surface area contributed by atoms with Crippen LogP contribution in [0.25, 0.3) is 0 Å². The van der Waals surface area contributed by atoms with Gasteiger partial charge in [-0.25, -0.2) is 0 Å². The largest absolute Gasteiger partial charge is 0.452 e. The first-order chi connectivity index (χ1) is 12.8. The fraction of sp³-hybridized carbons (Fsp3) is 0.333. The molecular weight excluding hydrogens is 385 g/mol. The number of esters is 1. The third-order valence-corrected chi connectivity index (χ3v) is 4.98. The number of rotatable bonds is 7. The first kappa shape index (κ1) is 21.3. The molecule has 1 amide bonds. The average Bonchev–Trinajstić information content (AvgIpc) is 2.63. The quantitative estimate of drug-likeness (QED) is 0.605. The second-order valence-corrected chi connectivity index (χ2v) is 7.27. The fourth-order valence-corrected chi connectivity index (χ4v) is 3.08. The van der Waals surface area contributed by atoms with Crippen LogP contribution in [0.4, 0.5) is 5.69 Å². The normalized spacial score (nSPS) is 12.9. The number of amides is 1. The molecule has 0 aliphatic carbocycles. The van der Waals surface area contributed by atoms with Crippen molar-refractivity contribution < 1.29 is 14.3 Å². The first-order valence-electron chi connectivity index (χ1n) is 8.85. The summed E-state index contributed by atoms with van der Waals surface area (Å²) in [6.07, 6.45) is 0.00431. The molecule has 0 saturated heterocycles. The van der Waals surface area contributed by atoms with Crippen LogP contribution in [0.1, 0.15) is 44.2 Å². The zero-order valence-electron chi connectivity index (χ0n) is 15.6. The maximum atomic E-state index is 12.4. The van der Waals surface area contributed by atoms with Crippen molar-refractivity contribution >= 4 is 40.8 Å². The van der Waals surface area contributed by atoms with Gasteiger partial charge in [0.15, 0.2) is 6.10 Å². The van der Waals surface area contributed by atoms with E-state index in [2.05, 4.69) is 19.2 Å². The van der Waals surface area contributed by atoms with Crippen LogP contribution in [-0.4, -0.2) is 18.0 Å². The minimum atomic E-state index is -0.923. The predicted molar refractivity (Wildman–Crippen MR) is 109 cm³/mol. The van der Waals surface area contributed by atoms with E-state index in [9.17, 15) is 9.59 Å². The molecule has 144 valence electrons. The lowest BCUT2D eigenvalue weighted by atomic mass is 9.97. The molecule has 0 saturated carbocycles. The van der Waals surface area contributed by atoms with Crippen molar-refractivity contribution in [1.29, 1.82) is 0 Å². The Morgan fingerprint density at radius 3 is 2.48 bits per heavy atom. The van der Waals surface area contributed by atoms with E-state index in [1.165, 1.54) is 0 Å². The molecule has 1 N–H and O–H groups in total. The van der Waals surface area contributed by atoms with Gasteiger partial charge in [0.05, 0.1) is 6.42 Å². The SMILES string of the molecule is CC[C@H](C)c1ccccc1NC(=O)[C@@H](C)OC(=O)Cc1ccc(Cl)cc1Cl. The molecule has 2 rings (SSSR count). The number of hydrogen-bond acceptors (Lipinski definition) is 3. The van der Waals surface area contributed by atoms with Gasteiger partial charge in [-0.2, -0.15) is 0 Å². The van der Waals surface area contributed by atoms with Crippen LogP contribution in [0, 0.1) is 0 Å². The number of carbonyl (C=O) groups is 2. The van der Waals surface area contributed by atoms with Crippen LogP contribution in [0.2, 0.25) is 10.0 Å². The van der Waals surface area contributed by atoms with Crippen molar-refractivity contribution in [2.75, 3.05) is 5.32 Å². The molecule has 0 heterocycles. The molecule has 0 aliphatic heterocycles. The summed E-state index contributed by atoms with van der Waals surface area (Å²) in [7, 11) is 0. The van der Waals surface area contributed by atoms with Gasteiger partial charge in [-0.15, -0.1) is 0 Å². The summed E-state index contributed by atoms with van der Waals surface area (Å²) in [6, 6.07) is 12.5. The summed E-state index contributed by atoms with van der Waals surface area (Å²) in [5.74, 6) is -0.593. The number of anilines is 1. The van der Waals surface area contributed by atoms with E-state index >= 15 is 0 Å². The van der Waals surface area contributed by atoms with Gasteiger partial charge in [0.2, 0.25) is 0 Å². The number of hydrogen-bond donors (Lipinski definition) is 1. The smallest absolute Gasteiger partial charge is 0.311 e. The summed E-state index contributed by atoms with van der Waals surface area (Å²) in [6.45, 7) is 5.74. The molecule has 0 aliphatic rings. The molecule has 6 heteroatoms. The number of ether oxygens (including phenoxy) is 1. The van der Waals surface area contributed by atoms with E-state index in [1.807, 2.05) is 24.3 Å². The molecule has 2 aromatic rings. The third kappa shape index (κ3) is 5.98. The standard InChI is InChI=1S/C21H23Cl2NO3/c1-4-13(2)17-7-5-6-8-19(17)24-21(26)14(3)27-20(25)11-15-9-10-16(22)12-18(15)23/h5-10,12-14H,4,11H2,1-3H3,(H,24,26)/t13-,14+/m0/s1. The van der Waals surface area contributed by atoms with Gasteiger partial charge in [-0.3, -0.25) is 9.59 Å². The van der Waals surface area contributed by atoms with Gasteiger partial charge >= 0.3 is 5.97 Å². The van der Waals surface area contributed by atoms with Gasteiger partial charge in [-0.1, -0.05) is 61.3 Å². The summed E-state index contributed by atoms with van der Waals surface area (Å²) < 4.78 is 5.26. The molecular formula is C21H23Cl2NO3. The third-order valence-electron chi connectivity index (χ3n) is 4.39. The highest BCUT2D eigenvalue weighted by Gasteiger charge is 2.20. The lowest BCUT2D eigenvalue weighted by Gasteiger charge is -2.18. The Labute approximate surface area is 169 Å². The summed E-state index contributed by atoms with van der Waals surface area (Å²) in [5, 5.41) is 3.73. The van der Waals surface area contributed by atoms with Gasteiger partial charge in [-0.05, 0) is 48.6 Å². The van der Waals surface area contributed by atoms with E-state index in [0.29, 0.717) is 21.5 Å². The average molecular weight is 408 g/mol. The fourth-order valence-electron chi connectivity index (χ4n) is 2.61. The van der Waals surface area contributed by atoms with Crippen molar-refractivity contribution in [2.24, 2.45) is 0 Å². The molecule has 2 atom stereocenters. The highest BCUT2D eigenvalue weighted by Crippen LogP contribution is 2.27. The molecule has 0 radical (unpaired) electrons. The maximum Gasteiger partial charge on any atom is 0.311 e. The Balaban J connectivity index is 1.98. The zero-order valence-corrected chi connectivity index (χ0v) is 17.1. The Kier molecular flexibility index (Phi) is 7.69. The lowest BCUT2D eigenvalue weighted by molar-refractivity contribution is -0.152. The highest BCUT2D eigenvalue weighted by molar-refractivity contribution is 6.35. The van der Waals surface area contributed by atoms with E-state index < -0.39 is 12.1 Å². The van der Waals surface area contributed by atoms with Crippen LogP contribution >= 0.6 is 23.2 Å². The van der Waals surface area contributed by atoms with Crippen LogP contribution < -0.4 is 5.32 Å². The summed E-state index contributed by atoms with van der Waals surface area (Å²) >= 11 is 11.9. The molecule has 0 unspecified atom stereocenters. The first-order valence-corrected chi connectivity index (χ1v) is 9.60. The molecule has 4 nitrogen and oxygen atoms in total. The Morgan fingerprint density at radius 2 is 1.81 bits per heavy atom. The Hall–Kier alpha value is -2.04. The molecule has 0 aromatic heterocycles. The van der Waals surface area contributed by atoms with Crippen molar-refractivity contribution in [2.45, 2.75) is 45.6 Å². The van der Waals surface area contributed by atoms with Gasteiger partial charge in [0.25, 0.3) is 5.91 Å². The Morgan fingerprint density at radius 1 is 1.11 bits per heavy atom. The summed E-state index contributed by atoms with van der Waals surface area (Å²) in [5.41, 5.74) is 2.39. The monoisotopic (exact) mass is 407 g/mol. The van der Waals surface area contributed by atoms with Crippen LogP contribution in [-0.2, 0) is 20.7 Å². The molecule has 2 aromatic carbocycles. The second-order valence-electron chi connectivity index (χ2n) is 6.43. The number of nitrogens with one attached hydrogen (secondary N) is 1. The van der Waals surface area contributed by atoms with Crippen LogP contribution in [0.5, 0.6) is 0 Å². The van der Waals surface area contributed by atoms with Crippen molar-refractivity contribution in [1.82, 2.24) is 0 Å². The minimum Gasteiger partial charge on any atom is -0.452 e. The molecule has 0 bridgehead atoms. The summed E-state index contributed by atoms with van der Waals surface area (Å²) in [4.78, 5) is 24.6. The minimum absolute atomic E-state index is 0.0307. The maximum absolute atomic E-state index is 12.4. The second kappa shape index (κ2) is 9.77. The lowest BCUT2D eigenvalue weighted by Crippen LogP contribution is -2.31. The van der Waals surface area contributed by atoms with Crippen LogP contribution in [0.15, 0.2) is 42.5 Å². The molecule has 0 spiro atoms. The van der Waals surface area contributed by atoms with Gasteiger partial charge in [0.1, 0.15) is 0 Å². The number of para-hydroxylation sites is 1. The van der Waals surface area contributed by atoms with Crippen molar-refractivity contribution in [3.05, 3.63) is 63.6 Å². The number of halogens is 2. The van der Waals surface area contributed by atoms with E-state index in [1.54, 1.807) is 25.1 Å². The highest BCUT2D eigenvalue weighted by atomic mass is 35.5. The van der Waals surface area contributed by atoms with Gasteiger partial charge < -0.3 is 10.1 Å². The van der Waals surface area contributed by atoms with Crippen LogP contribution in [0.3, 0.4) is 0 Å². The zero-order chi connectivity index (χ0) is 20.0. The molecule has 0 fully saturated rings. The van der Waals surface area contributed by atoms with E-state index in [0.717, 1.165) is 17.7 Å². The van der Waals surface area contributed by atoms with E-state index in [4.69, 9.17) is 27.9 Å². The Bertz CT molecular complexity index is 823. The number of carbonyl (C=O) groups excluding carboxylic acids is 2. The van der Waals surface area contributed by atoms with Crippen molar-refractivity contribution in [3.8, 4) is 0 Å². The topological polar surface area (TPSA) is 55.4 Å². The van der Waals surface area contributed by atoms with Crippen molar-refractivity contribution in [3.63, 3.8) is 0 Å². The predicted octanol–water partition coefficient (Wildman–Crippen LogP) is 5.62. The van der Waals surface area contributed by atoms with Gasteiger partial charge in [0, 0.05) is 15.7 Å². The molecule has 27 heavy (non-hydrogen) atoms. The number of benzene rings is 2. The van der Waals surface area contributed by atoms with E-state index in [-0.39, 0.29) is 12.3 Å².